The summed E-state index contributed by atoms with van der Waals surface area (Å²) in [6.45, 7) is 0. The van der Waals surface area contributed by atoms with Gasteiger partial charge < -0.3 is 5.32 Å². The average Bonchev–Trinajstić information content (AvgIpc) is 3.21. The first-order valence-electron chi connectivity index (χ1n) is 6.90. The largest absolute Gasteiger partial charge is 0.416 e. The van der Waals surface area contributed by atoms with Crippen molar-refractivity contribution in [3.05, 3.63) is 39.9 Å². The number of nitrogens with one attached hydrogen (secondary N) is 1. The average molecular weight is 363 g/mol. The molecule has 10 heteroatoms. The van der Waals surface area contributed by atoms with Gasteiger partial charge in [0.1, 0.15) is 4.88 Å². The third-order valence-corrected chi connectivity index (χ3v) is 4.31. The van der Waals surface area contributed by atoms with Crippen LogP contribution >= 0.6 is 11.5 Å². The Morgan fingerprint density at radius 1 is 1.29 bits per heavy atom. The van der Waals surface area contributed by atoms with Gasteiger partial charge in [0.25, 0.3) is 12.3 Å². The van der Waals surface area contributed by atoms with Crippen LogP contribution in [0.4, 0.5) is 27.6 Å². The van der Waals surface area contributed by atoms with Crippen LogP contribution in [0.2, 0.25) is 0 Å². The molecule has 2 aromatic rings. The molecule has 0 unspecified atom stereocenters. The molecule has 1 fully saturated rings. The maximum atomic E-state index is 12.8. The maximum absolute atomic E-state index is 12.8. The third kappa shape index (κ3) is 3.37. The minimum atomic E-state index is -4.49. The molecular formula is C14H10F5N3OS. The van der Waals surface area contributed by atoms with E-state index < -0.39 is 29.8 Å². The summed E-state index contributed by atoms with van der Waals surface area (Å²) in [5, 5.41) is 5.60. The summed E-state index contributed by atoms with van der Waals surface area (Å²) < 4.78 is 67.3. The van der Waals surface area contributed by atoms with Crippen LogP contribution in [-0.2, 0) is 6.18 Å². The smallest absolute Gasteiger partial charge is 0.321 e. The predicted molar refractivity (Wildman–Crippen MR) is 76.2 cm³/mol. The summed E-state index contributed by atoms with van der Waals surface area (Å²) in [4.78, 5) is 11.8. The number of anilines is 1. The van der Waals surface area contributed by atoms with Gasteiger partial charge in [-0.25, -0.2) is 8.78 Å². The number of carbonyl (C=O) groups is 1. The van der Waals surface area contributed by atoms with Crippen molar-refractivity contribution < 1.29 is 26.7 Å². The molecular weight excluding hydrogens is 353 g/mol. The molecule has 128 valence electrons. The first kappa shape index (κ1) is 16.7. The lowest BCUT2D eigenvalue weighted by Gasteiger charge is -2.14. The molecule has 0 bridgehead atoms. The fraction of sp³-hybridized carbons (Fsp3) is 0.357. The highest BCUT2D eigenvalue weighted by Crippen LogP contribution is 2.45. The topological polar surface area (TPSA) is 54.9 Å². The number of hydrogen-bond donors (Lipinski definition) is 1. The quantitative estimate of drug-likeness (QED) is 0.806. The Morgan fingerprint density at radius 2 is 2.00 bits per heavy atom. The van der Waals surface area contributed by atoms with Crippen LogP contribution in [0.15, 0.2) is 18.2 Å². The number of nitrogens with zero attached hydrogens (tertiary/aromatic N) is 2. The Labute approximate surface area is 136 Å². The van der Waals surface area contributed by atoms with E-state index in [4.69, 9.17) is 0 Å². The second-order valence-electron chi connectivity index (χ2n) is 5.32. The second kappa shape index (κ2) is 6.08. The lowest BCUT2D eigenvalue weighted by atomic mass is 10.0. The number of alkyl halides is 5. The zero-order valence-electron chi connectivity index (χ0n) is 11.9. The van der Waals surface area contributed by atoms with E-state index in [1.807, 2.05) is 0 Å². The van der Waals surface area contributed by atoms with Crippen LogP contribution in [0.1, 0.15) is 51.7 Å². The van der Waals surface area contributed by atoms with Crippen molar-refractivity contribution in [3.63, 3.8) is 0 Å². The summed E-state index contributed by atoms with van der Waals surface area (Å²) in [5.41, 5.74) is -1.01. The number of carbonyl (C=O) groups excluding carboxylic acids is 1. The molecule has 1 amide bonds. The van der Waals surface area contributed by atoms with Crippen molar-refractivity contribution >= 4 is 23.1 Å². The highest BCUT2D eigenvalue weighted by Gasteiger charge is 2.34. The molecule has 1 N–H and O–H groups in total. The number of rotatable bonds is 4. The molecule has 0 radical (unpaired) electrons. The van der Waals surface area contributed by atoms with Crippen molar-refractivity contribution in [2.75, 3.05) is 5.32 Å². The monoisotopic (exact) mass is 363 g/mol. The van der Waals surface area contributed by atoms with Crippen molar-refractivity contribution in [1.29, 1.82) is 0 Å². The van der Waals surface area contributed by atoms with Crippen LogP contribution in [0.25, 0.3) is 0 Å². The summed E-state index contributed by atoms with van der Waals surface area (Å²) in [6, 6.07) is 2.98. The predicted octanol–water partition coefficient (Wildman–Crippen LogP) is 4.62. The Hall–Kier alpha value is -2.10. The molecule has 3 rings (SSSR count). The van der Waals surface area contributed by atoms with Crippen LogP contribution in [0, 0.1) is 0 Å². The number of halogens is 5. The molecule has 1 aliphatic rings. The summed E-state index contributed by atoms with van der Waals surface area (Å²) in [5.74, 6) is -0.932. The van der Waals surface area contributed by atoms with Gasteiger partial charge in [-0.1, -0.05) is 4.49 Å². The standard InChI is InChI=1S/C14H10F5N3OS/c15-12(16)10-11(24-22-21-10)13(23)20-9-4-3-7(14(17,18)19)5-8(9)6-1-2-6/h3-6,12H,1-2H2,(H,20,23). The molecule has 24 heavy (non-hydrogen) atoms. The molecule has 0 atom stereocenters. The first-order chi connectivity index (χ1) is 11.3. The molecule has 0 saturated heterocycles. The molecule has 1 saturated carbocycles. The van der Waals surface area contributed by atoms with Crippen molar-refractivity contribution in [3.8, 4) is 0 Å². The van der Waals surface area contributed by atoms with E-state index in [9.17, 15) is 26.7 Å². The Balaban J connectivity index is 1.89. The van der Waals surface area contributed by atoms with Gasteiger partial charge in [-0.05, 0) is 54.1 Å². The Kier molecular flexibility index (Phi) is 4.24. The fourth-order valence-corrected chi connectivity index (χ4v) is 2.83. The molecule has 1 aliphatic carbocycles. The fourth-order valence-electron chi connectivity index (χ4n) is 2.26. The first-order valence-corrected chi connectivity index (χ1v) is 7.67. The van der Waals surface area contributed by atoms with Crippen LogP contribution < -0.4 is 5.32 Å². The van der Waals surface area contributed by atoms with Crippen LogP contribution in [0.5, 0.6) is 0 Å². The van der Waals surface area contributed by atoms with Crippen LogP contribution in [-0.4, -0.2) is 15.5 Å². The van der Waals surface area contributed by atoms with E-state index in [1.54, 1.807) is 0 Å². The highest BCUT2D eigenvalue weighted by molar-refractivity contribution is 7.08. The molecule has 1 aromatic heterocycles. The number of hydrogen-bond acceptors (Lipinski definition) is 4. The lowest BCUT2D eigenvalue weighted by Crippen LogP contribution is -2.15. The van der Waals surface area contributed by atoms with E-state index in [1.165, 1.54) is 0 Å². The molecule has 0 spiro atoms. The van der Waals surface area contributed by atoms with Crippen LogP contribution in [0.3, 0.4) is 0 Å². The molecule has 1 heterocycles. The minimum Gasteiger partial charge on any atom is -0.321 e. The highest BCUT2D eigenvalue weighted by atomic mass is 32.1. The van der Waals surface area contributed by atoms with Gasteiger partial charge in [-0.15, -0.1) is 5.10 Å². The van der Waals surface area contributed by atoms with Gasteiger partial charge in [0, 0.05) is 5.69 Å². The minimum absolute atomic E-state index is 0.0724. The van der Waals surface area contributed by atoms with E-state index in [2.05, 4.69) is 14.9 Å². The van der Waals surface area contributed by atoms with Gasteiger partial charge in [0.05, 0.1) is 5.56 Å². The summed E-state index contributed by atoms with van der Waals surface area (Å²) in [6.07, 6.45) is -6.01. The number of aromatic nitrogens is 2. The van der Waals surface area contributed by atoms with Crippen molar-refractivity contribution in [2.24, 2.45) is 0 Å². The Morgan fingerprint density at radius 3 is 2.58 bits per heavy atom. The maximum Gasteiger partial charge on any atom is 0.416 e. The zero-order valence-corrected chi connectivity index (χ0v) is 12.7. The van der Waals surface area contributed by atoms with Crippen molar-refractivity contribution in [1.82, 2.24) is 9.59 Å². The molecule has 4 nitrogen and oxygen atoms in total. The third-order valence-electron chi connectivity index (χ3n) is 3.57. The van der Waals surface area contributed by atoms with Gasteiger partial charge in [-0.3, -0.25) is 4.79 Å². The second-order valence-corrected chi connectivity index (χ2v) is 6.07. The van der Waals surface area contributed by atoms with Crippen molar-refractivity contribution in [2.45, 2.75) is 31.4 Å². The van der Waals surface area contributed by atoms with E-state index in [-0.39, 0.29) is 16.5 Å². The Bertz CT molecular complexity index is 770. The molecule has 0 aliphatic heterocycles. The van der Waals surface area contributed by atoms with E-state index in [0.717, 1.165) is 18.2 Å². The number of amides is 1. The zero-order chi connectivity index (χ0) is 17.5. The van der Waals surface area contributed by atoms with E-state index in [0.29, 0.717) is 29.9 Å². The normalized spacial score (nSPS) is 14.9. The van der Waals surface area contributed by atoms with Gasteiger partial charge in [0.2, 0.25) is 0 Å². The SMILES string of the molecule is O=C(Nc1ccc(C(F)(F)F)cc1C1CC1)c1snnc1C(F)F. The molecule has 1 aromatic carbocycles. The van der Waals surface area contributed by atoms with Gasteiger partial charge >= 0.3 is 6.18 Å². The van der Waals surface area contributed by atoms with Gasteiger partial charge in [0.15, 0.2) is 5.69 Å². The number of benzene rings is 1. The summed E-state index contributed by atoms with van der Waals surface area (Å²) in [7, 11) is 0. The lowest BCUT2D eigenvalue weighted by molar-refractivity contribution is -0.137. The summed E-state index contributed by atoms with van der Waals surface area (Å²) >= 11 is 0.509. The van der Waals surface area contributed by atoms with Gasteiger partial charge in [-0.2, -0.15) is 13.2 Å². The van der Waals surface area contributed by atoms with E-state index >= 15 is 0 Å².